The number of hydrogen-bond acceptors (Lipinski definition) is 3. The molecule has 1 amide bonds. The Kier molecular flexibility index (Phi) is 6.69. The maximum Gasteiger partial charge on any atom is 0.306 e. The SMILES string of the molecule is Cc1cccc(COc2ccc(CNC(=O)C3CCC(C(=O)O)CC3)cc2)c1. The van der Waals surface area contributed by atoms with Crippen LogP contribution in [0.4, 0.5) is 0 Å². The number of carboxylic acids is 1. The predicted molar refractivity (Wildman–Crippen MR) is 107 cm³/mol. The van der Waals surface area contributed by atoms with Gasteiger partial charge in [-0.2, -0.15) is 0 Å². The molecule has 0 spiro atoms. The van der Waals surface area contributed by atoms with Gasteiger partial charge >= 0.3 is 5.97 Å². The summed E-state index contributed by atoms with van der Waals surface area (Å²) < 4.78 is 5.82. The van der Waals surface area contributed by atoms with E-state index in [1.807, 2.05) is 36.4 Å². The Bertz CT molecular complexity index is 808. The molecule has 0 bridgehead atoms. The molecule has 5 heteroatoms. The molecule has 0 aliphatic heterocycles. The van der Waals surface area contributed by atoms with E-state index in [0.29, 0.717) is 38.8 Å². The number of carbonyl (C=O) groups is 2. The van der Waals surface area contributed by atoms with E-state index in [2.05, 4.69) is 24.4 Å². The van der Waals surface area contributed by atoms with E-state index in [1.165, 1.54) is 5.56 Å². The van der Waals surface area contributed by atoms with E-state index in [-0.39, 0.29) is 17.7 Å². The van der Waals surface area contributed by atoms with E-state index in [1.54, 1.807) is 0 Å². The van der Waals surface area contributed by atoms with Crippen molar-refractivity contribution in [2.24, 2.45) is 11.8 Å². The van der Waals surface area contributed by atoms with Crippen LogP contribution in [0.1, 0.15) is 42.4 Å². The largest absolute Gasteiger partial charge is 0.489 e. The van der Waals surface area contributed by atoms with Gasteiger partial charge in [-0.25, -0.2) is 0 Å². The van der Waals surface area contributed by atoms with Crippen molar-refractivity contribution in [1.82, 2.24) is 5.32 Å². The highest BCUT2D eigenvalue weighted by atomic mass is 16.5. The van der Waals surface area contributed by atoms with E-state index in [9.17, 15) is 9.59 Å². The monoisotopic (exact) mass is 381 g/mol. The second-order valence-electron chi connectivity index (χ2n) is 7.53. The van der Waals surface area contributed by atoms with Gasteiger partial charge in [0.25, 0.3) is 0 Å². The molecule has 2 aromatic carbocycles. The van der Waals surface area contributed by atoms with Gasteiger partial charge in [0.2, 0.25) is 5.91 Å². The number of hydrogen-bond donors (Lipinski definition) is 2. The summed E-state index contributed by atoms with van der Waals surface area (Å²) in [6, 6.07) is 16.0. The first-order chi connectivity index (χ1) is 13.5. The molecule has 2 aromatic rings. The lowest BCUT2D eigenvalue weighted by Gasteiger charge is -2.25. The average molecular weight is 381 g/mol. The molecule has 0 radical (unpaired) electrons. The van der Waals surface area contributed by atoms with Crippen molar-refractivity contribution >= 4 is 11.9 Å². The van der Waals surface area contributed by atoms with E-state index in [4.69, 9.17) is 9.84 Å². The Labute approximate surface area is 165 Å². The molecule has 2 N–H and O–H groups in total. The quantitative estimate of drug-likeness (QED) is 0.758. The van der Waals surface area contributed by atoms with Crippen LogP contribution in [0, 0.1) is 18.8 Å². The smallest absolute Gasteiger partial charge is 0.306 e. The fourth-order valence-electron chi connectivity index (χ4n) is 3.61. The number of benzene rings is 2. The zero-order valence-electron chi connectivity index (χ0n) is 16.2. The zero-order chi connectivity index (χ0) is 19.9. The van der Waals surface area contributed by atoms with Crippen molar-refractivity contribution in [2.75, 3.05) is 0 Å². The number of nitrogens with one attached hydrogen (secondary N) is 1. The van der Waals surface area contributed by atoms with E-state index in [0.717, 1.165) is 16.9 Å². The Morgan fingerprint density at radius 3 is 2.32 bits per heavy atom. The van der Waals surface area contributed by atoms with Crippen molar-refractivity contribution in [3.8, 4) is 5.75 Å². The highest BCUT2D eigenvalue weighted by Crippen LogP contribution is 2.29. The molecule has 3 rings (SSSR count). The first-order valence-corrected chi connectivity index (χ1v) is 9.79. The number of rotatable bonds is 7. The standard InChI is InChI=1S/C23H27NO4/c1-16-3-2-4-18(13-16)15-28-21-11-5-17(6-12-21)14-24-22(25)19-7-9-20(10-8-19)23(26)27/h2-6,11-13,19-20H,7-10,14-15H2,1H3,(H,24,25)(H,26,27). The lowest BCUT2D eigenvalue weighted by atomic mass is 9.81. The summed E-state index contributed by atoms with van der Waals surface area (Å²) in [5.41, 5.74) is 3.35. The van der Waals surface area contributed by atoms with Crippen LogP contribution in [-0.2, 0) is 22.7 Å². The van der Waals surface area contributed by atoms with Gasteiger partial charge in [0.15, 0.2) is 0 Å². The van der Waals surface area contributed by atoms with Crippen LogP contribution in [0.2, 0.25) is 0 Å². The second kappa shape index (κ2) is 9.40. The Morgan fingerprint density at radius 2 is 1.68 bits per heavy atom. The van der Waals surface area contributed by atoms with Crippen LogP contribution in [-0.4, -0.2) is 17.0 Å². The Balaban J connectivity index is 1.43. The van der Waals surface area contributed by atoms with Gasteiger partial charge in [0.05, 0.1) is 5.92 Å². The summed E-state index contributed by atoms with van der Waals surface area (Å²) in [5.74, 6) is -0.306. The summed E-state index contributed by atoms with van der Waals surface area (Å²) in [7, 11) is 0. The minimum absolute atomic E-state index is 0.0172. The number of carbonyl (C=O) groups excluding carboxylic acids is 1. The third kappa shape index (κ3) is 5.59. The van der Waals surface area contributed by atoms with Crippen LogP contribution in [0.15, 0.2) is 48.5 Å². The minimum atomic E-state index is -0.747. The zero-order valence-corrected chi connectivity index (χ0v) is 16.2. The van der Waals surface area contributed by atoms with Crippen LogP contribution in [0.25, 0.3) is 0 Å². The van der Waals surface area contributed by atoms with Gasteiger partial charge < -0.3 is 15.2 Å². The maximum atomic E-state index is 12.3. The lowest BCUT2D eigenvalue weighted by molar-refractivity contribution is -0.144. The van der Waals surface area contributed by atoms with Crippen LogP contribution < -0.4 is 10.1 Å². The minimum Gasteiger partial charge on any atom is -0.489 e. The summed E-state index contributed by atoms with van der Waals surface area (Å²) in [6.07, 6.45) is 2.46. The molecule has 5 nitrogen and oxygen atoms in total. The summed E-state index contributed by atoms with van der Waals surface area (Å²) in [6.45, 7) is 3.05. The van der Waals surface area contributed by atoms with Crippen molar-refractivity contribution in [3.63, 3.8) is 0 Å². The van der Waals surface area contributed by atoms with Gasteiger partial charge in [-0.05, 0) is 55.9 Å². The fraction of sp³-hybridized carbons (Fsp3) is 0.391. The van der Waals surface area contributed by atoms with Gasteiger partial charge in [-0.15, -0.1) is 0 Å². The molecule has 28 heavy (non-hydrogen) atoms. The number of aryl methyl sites for hydroxylation is 1. The molecular weight excluding hydrogens is 354 g/mol. The molecule has 1 aliphatic rings. The molecule has 148 valence electrons. The van der Waals surface area contributed by atoms with Crippen molar-refractivity contribution in [3.05, 3.63) is 65.2 Å². The molecule has 0 atom stereocenters. The van der Waals surface area contributed by atoms with Crippen molar-refractivity contribution < 1.29 is 19.4 Å². The Hall–Kier alpha value is -2.82. The van der Waals surface area contributed by atoms with Gasteiger partial charge in [-0.1, -0.05) is 42.0 Å². The molecule has 0 heterocycles. The third-order valence-corrected chi connectivity index (χ3v) is 5.33. The van der Waals surface area contributed by atoms with E-state index >= 15 is 0 Å². The average Bonchev–Trinajstić information content (AvgIpc) is 2.71. The first-order valence-electron chi connectivity index (χ1n) is 9.79. The molecule has 1 saturated carbocycles. The number of aliphatic carboxylic acids is 1. The molecule has 0 unspecified atom stereocenters. The molecule has 1 aliphatic carbocycles. The third-order valence-electron chi connectivity index (χ3n) is 5.33. The van der Waals surface area contributed by atoms with E-state index < -0.39 is 5.97 Å². The molecule has 0 saturated heterocycles. The number of ether oxygens (including phenoxy) is 1. The normalized spacial score (nSPS) is 19.0. The molecule has 0 aromatic heterocycles. The van der Waals surface area contributed by atoms with Crippen molar-refractivity contribution in [2.45, 2.75) is 45.8 Å². The van der Waals surface area contributed by atoms with Crippen LogP contribution in [0.3, 0.4) is 0 Å². The highest BCUT2D eigenvalue weighted by Gasteiger charge is 2.29. The highest BCUT2D eigenvalue weighted by molar-refractivity contribution is 5.79. The first kappa shape index (κ1) is 19.9. The number of amides is 1. The molecule has 1 fully saturated rings. The van der Waals surface area contributed by atoms with Crippen LogP contribution >= 0.6 is 0 Å². The lowest BCUT2D eigenvalue weighted by Crippen LogP contribution is -2.34. The summed E-state index contributed by atoms with van der Waals surface area (Å²) in [5, 5.41) is 12.0. The predicted octanol–water partition coefficient (Wildman–Crippen LogP) is 4.08. The maximum absolute atomic E-state index is 12.3. The second-order valence-corrected chi connectivity index (χ2v) is 7.53. The van der Waals surface area contributed by atoms with Crippen molar-refractivity contribution in [1.29, 1.82) is 0 Å². The summed E-state index contributed by atoms with van der Waals surface area (Å²) >= 11 is 0. The van der Waals surface area contributed by atoms with Gasteiger partial charge in [0, 0.05) is 12.5 Å². The topological polar surface area (TPSA) is 75.6 Å². The van der Waals surface area contributed by atoms with Gasteiger partial charge in [-0.3, -0.25) is 9.59 Å². The molecular formula is C23H27NO4. The van der Waals surface area contributed by atoms with Crippen LogP contribution in [0.5, 0.6) is 5.75 Å². The van der Waals surface area contributed by atoms with Gasteiger partial charge in [0.1, 0.15) is 12.4 Å². The Morgan fingerprint density at radius 1 is 1.00 bits per heavy atom. The fourth-order valence-corrected chi connectivity index (χ4v) is 3.61. The summed E-state index contributed by atoms with van der Waals surface area (Å²) in [4.78, 5) is 23.3. The number of carboxylic acid groups (broad SMARTS) is 1.